The van der Waals surface area contributed by atoms with Crippen LogP contribution in [0.15, 0.2) is 41.6 Å². The fourth-order valence-electron chi connectivity index (χ4n) is 3.24. The molecule has 1 aliphatic carbocycles. The summed E-state index contributed by atoms with van der Waals surface area (Å²) in [7, 11) is -3.20. The van der Waals surface area contributed by atoms with Gasteiger partial charge in [-0.1, -0.05) is 18.2 Å². The Kier molecular flexibility index (Phi) is 3.73. The minimum atomic E-state index is -3.20. The maximum Gasteiger partial charge on any atom is 0.179 e. The van der Waals surface area contributed by atoms with E-state index in [0.717, 1.165) is 25.2 Å². The maximum atomic E-state index is 12.4. The topological polar surface area (TPSA) is 55.2 Å². The zero-order chi connectivity index (χ0) is 15.9. The van der Waals surface area contributed by atoms with Crippen LogP contribution in [0.2, 0.25) is 0 Å². The largest absolute Gasteiger partial charge is 0.331 e. The molecule has 122 valence electrons. The van der Waals surface area contributed by atoms with Crippen molar-refractivity contribution in [1.29, 1.82) is 0 Å². The van der Waals surface area contributed by atoms with Crippen LogP contribution in [-0.2, 0) is 22.8 Å². The molecule has 4 rings (SSSR count). The number of rotatable bonds is 5. The van der Waals surface area contributed by atoms with E-state index in [1.165, 1.54) is 18.5 Å². The molecule has 1 aromatic carbocycles. The standard InChI is InChI=1S/C17H21N3O2S/c21-23(22,15-4-2-1-3-5-15)11-10-19-9-8-17-16(12-19)18-13-20(17)14-6-7-14/h1-5,13-14H,6-12H2. The highest BCUT2D eigenvalue weighted by Gasteiger charge is 2.29. The van der Waals surface area contributed by atoms with Crippen LogP contribution >= 0.6 is 0 Å². The molecule has 5 nitrogen and oxygen atoms in total. The quantitative estimate of drug-likeness (QED) is 0.841. The van der Waals surface area contributed by atoms with Crippen LogP contribution in [0.1, 0.15) is 30.3 Å². The van der Waals surface area contributed by atoms with Gasteiger partial charge in [0, 0.05) is 37.8 Å². The molecule has 0 amide bonds. The average Bonchev–Trinajstić information content (AvgIpc) is 3.33. The van der Waals surface area contributed by atoms with E-state index in [0.29, 0.717) is 17.5 Å². The lowest BCUT2D eigenvalue weighted by Gasteiger charge is -2.26. The fourth-order valence-corrected chi connectivity index (χ4v) is 4.54. The molecule has 2 heterocycles. The normalized spacial score (nSPS) is 18.8. The number of hydrogen-bond donors (Lipinski definition) is 0. The van der Waals surface area contributed by atoms with E-state index in [9.17, 15) is 8.42 Å². The Hall–Kier alpha value is -1.66. The van der Waals surface area contributed by atoms with E-state index in [2.05, 4.69) is 14.5 Å². The molecule has 1 saturated carbocycles. The SMILES string of the molecule is O=S(=O)(CCN1CCc2c(ncn2C2CC2)C1)c1ccccc1. The van der Waals surface area contributed by atoms with Crippen LogP contribution in [0.4, 0.5) is 0 Å². The zero-order valence-corrected chi connectivity index (χ0v) is 13.9. The molecule has 0 bridgehead atoms. The third-order valence-corrected chi connectivity index (χ3v) is 6.45. The Bertz CT molecular complexity index is 795. The van der Waals surface area contributed by atoms with Gasteiger partial charge >= 0.3 is 0 Å². The van der Waals surface area contributed by atoms with Gasteiger partial charge in [0.25, 0.3) is 0 Å². The van der Waals surface area contributed by atoms with Crippen molar-refractivity contribution in [2.24, 2.45) is 0 Å². The molecular formula is C17H21N3O2S. The first-order valence-electron chi connectivity index (χ1n) is 8.18. The Morgan fingerprint density at radius 3 is 2.70 bits per heavy atom. The number of fused-ring (bicyclic) bond motifs is 1. The molecule has 0 radical (unpaired) electrons. The molecule has 1 aliphatic heterocycles. The van der Waals surface area contributed by atoms with Crippen LogP contribution in [0.3, 0.4) is 0 Å². The predicted molar refractivity (Wildman–Crippen MR) is 88.0 cm³/mol. The second-order valence-corrected chi connectivity index (χ2v) is 8.54. The Labute approximate surface area is 136 Å². The van der Waals surface area contributed by atoms with Crippen molar-refractivity contribution in [3.8, 4) is 0 Å². The highest BCUT2D eigenvalue weighted by molar-refractivity contribution is 7.91. The first kappa shape index (κ1) is 14.9. The van der Waals surface area contributed by atoms with Crippen molar-refractivity contribution in [3.05, 3.63) is 48.0 Å². The number of nitrogens with zero attached hydrogens (tertiary/aromatic N) is 3. The van der Waals surface area contributed by atoms with Gasteiger partial charge in [-0.3, -0.25) is 4.90 Å². The first-order valence-corrected chi connectivity index (χ1v) is 9.83. The summed E-state index contributed by atoms with van der Waals surface area (Å²) >= 11 is 0. The number of benzene rings is 1. The van der Waals surface area contributed by atoms with Crippen LogP contribution in [-0.4, -0.2) is 41.7 Å². The summed E-state index contributed by atoms with van der Waals surface area (Å²) in [6.45, 7) is 2.24. The third kappa shape index (κ3) is 3.05. The highest BCUT2D eigenvalue weighted by Crippen LogP contribution is 2.37. The van der Waals surface area contributed by atoms with Crippen molar-refractivity contribution in [2.45, 2.75) is 36.7 Å². The van der Waals surface area contributed by atoms with Crippen LogP contribution in [0.5, 0.6) is 0 Å². The van der Waals surface area contributed by atoms with Crippen molar-refractivity contribution in [1.82, 2.24) is 14.5 Å². The molecule has 2 aromatic rings. The summed E-state index contributed by atoms with van der Waals surface area (Å²) in [6.07, 6.45) is 5.47. The lowest BCUT2D eigenvalue weighted by Crippen LogP contribution is -2.35. The van der Waals surface area contributed by atoms with E-state index in [4.69, 9.17) is 0 Å². The summed E-state index contributed by atoms with van der Waals surface area (Å²) in [5.74, 6) is 0.162. The zero-order valence-electron chi connectivity index (χ0n) is 13.1. The molecular weight excluding hydrogens is 310 g/mol. The smallest absolute Gasteiger partial charge is 0.179 e. The molecule has 0 unspecified atom stereocenters. The average molecular weight is 331 g/mol. The van der Waals surface area contributed by atoms with Gasteiger partial charge in [-0.05, 0) is 25.0 Å². The number of hydrogen-bond acceptors (Lipinski definition) is 4. The summed E-state index contributed by atoms with van der Waals surface area (Å²) in [5.41, 5.74) is 2.48. The molecule has 1 aromatic heterocycles. The van der Waals surface area contributed by atoms with Crippen molar-refractivity contribution in [3.63, 3.8) is 0 Å². The first-order chi connectivity index (χ1) is 11.1. The van der Waals surface area contributed by atoms with Crippen molar-refractivity contribution >= 4 is 9.84 Å². The van der Waals surface area contributed by atoms with Gasteiger partial charge in [-0.2, -0.15) is 0 Å². The lowest BCUT2D eigenvalue weighted by molar-refractivity contribution is 0.262. The van der Waals surface area contributed by atoms with Crippen molar-refractivity contribution < 1.29 is 8.42 Å². The van der Waals surface area contributed by atoms with E-state index < -0.39 is 9.84 Å². The Morgan fingerprint density at radius 2 is 1.96 bits per heavy atom. The Balaban J connectivity index is 1.41. The van der Waals surface area contributed by atoms with Crippen LogP contribution in [0, 0.1) is 0 Å². The van der Waals surface area contributed by atoms with Crippen LogP contribution in [0.25, 0.3) is 0 Å². The second kappa shape index (κ2) is 5.76. The molecule has 0 saturated heterocycles. The van der Waals surface area contributed by atoms with Gasteiger partial charge in [-0.25, -0.2) is 13.4 Å². The molecule has 0 atom stereocenters. The monoisotopic (exact) mass is 331 g/mol. The number of imidazole rings is 1. The second-order valence-electron chi connectivity index (χ2n) is 6.43. The summed E-state index contributed by atoms with van der Waals surface area (Å²) in [4.78, 5) is 7.16. The number of aromatic nitrogens is 2. The molecule has 23 heavy (non-hydrogen) atoms. The van der Waals surface area contributed by atoms with Gasteiger partial charge in [0.1, 0.15) is 0 Å². The van der Waals surface area contributed by atoms with Gasteiger partial charge in [0.2, 0.25) is 0 Å². The lowest BCUT2D eigenvalue weighted by atomic mass is 10.1. The molecule has 6 heteroatoms. The summed E-state index contributed by atoms with van der Waals surface area (Å²) in [5, 5.41) is 0. The Morgan fingerprint density at radius 1 is 1.17 bits per heavy atom. The predicted octanol–water partition coefficient (Wildman–Crippen LogP) is 2.05. The minimum absolute atomic E-state index is 0.162. The molecule has 2 aliphatic rings. The van der Waals surface area contributed by atoms with Crippen LogP contribution < -0.4 is 0 Å². The van der Waals surface area contributed by atoms with E-state index in [1.807, 2.05) is 12.4 Å². The van der Waals surface area contributed by atoms with Crippen molar-refractivity contribution in [2.75, 3.05) is 18.8 Å². The van der Waals surface area contributed by atoms with Gasteiger partial charge in [0.15, 0.2) is 9.84 Å². The highest BCUT2D eigenvalue weighted by atomic mass is 32.2. The maximum absolute atomic E-state index is 12.4. The number of sulfone groups is 1. The third-order valence-electron chi connectivity index (χ3n) is 4.74. The van der Waals surface area contributed by atoms with E-state index in [1.54, 1.807) is 24.3 Å². The van der Waals surface area contributed by atoms with E-state index >= 15 is 0 Å². The molecule has 1 fully saturated rings. The summed E-state index contributed by atoms with van der Waals surface area (Å²) < 4.78 is 27.1. The van der Waals surface area contributed by atoms with Gasteiger partial charge in [0.05, 0.1) is 22.7 Å². The van der Waals surface area contributed by atoms with Gasteiger partial charge in [-0.15, -0.1) is 0 Å². The molecule has 0 spiro atoms. The van der Waals surface area contributed by atoms with E-state index in [-0.39, 0.29) is 5.75 Å². The van der Waals surface area contributed by atoms with Gasteiger partial charge < -0.3 is 4.57 Å². The summed E-state index contributed by atoms with van der Waals surface area (Å²) in [6, 6.07) is 9.37. The fraction of sp³-hybridized carbons (Fsp3) is 0.471. The molecule has 0 N–H and O–H groups in total. The minimum Gasteiger partial charge on any atom is -0.331 e.